The van der Waals surface area contributed by atoms with Crippen molar-refractivity contribution < 1.29 is 14.8 Å². The van der Waals surface area contributed by atoms with E-state index in [1.807, 2.05) is 43.3 Å². The van der Waals surface area contributed by atoms with E-state index in [0.29, 0.717) is 6.61 Å². The fourth-order valence-electron chi connectivity index (χ4n) is 2.10. The number of nitrogens with zero attached hydrogens (tertiary/aromatic N) is 1. The molecular formula is C18H21NO4Se. The first-order valence-corrected chi connectivity index (χ1v) is 9.80. The van der Waals surface area contributed by atoms with Crippen molar-refractivity contribution in [3.63, 3.8) is 0 Å². The SMILES string of the molecule is C[C@@H](C[Se]c1ccccc1[N+](=O)[O-])[C@H](O)COCc1ccccc1. The van der Waals surface area contributed by atoms with E-state index in [1.165, 1.54) is 6.07 Å². The van der Waals surface area contributed by atoms with Gasteiger partial charge in [-0.05, 0) is 0 Å². The van der Waals surface area contributed by atoms with E-state index < -0.39 is 6.10 Å². The monoisotopic (exact) mass is 395 g/mol. The van der Waals surface area contributed by atoms with Crippen LogP contribution in [0.15, 0.2) is 54.6 Å². The van der Waals surface area contributed by atoms with E-state index >= 15 is 0 Å². The molecule has 0 aliphatic rings. The van der Waals surface area contributed by atoms with E-state index in [-0.39, 0.29) is 38.1 Å². The molecule has 0 aliphatic carbocycles. The normalized spacial score (nSPS) is 13.4. The Morgan fingerprint density at radius 2 is 1.83 bits per heavy atom. The maximum absolute atomic E-state index is 11.0. The van der Waals surface area contributed by atoms with E-state index in [2.05, 4.69) is 0 Å². The van der Waals surface area contributed by atoms with Gasteiger partial charge in [-0.1, -0.05) is 0 Å². The van der Waals surface area contributed by atoms with Gasteiger partial charge in [-0.25, -0.2) is 0 Å². The molecule has 2 rings (SSSR count). The molecular weight excluding hydrogens is 373 g/mol. The van der Waals surface area contributed by atoms with Crippen molar-refractivity contribution in [3.8, 4) is 0 Å². The van der Waals surface area contributed by atoms with Gasteiger partial charge in [0.1, 0.15) is 0 Å². The Morgan fingerprint density at radius 1 is 1.17 bits per heavy atom. The van der Waals surface area contributed by atoms with Crippen LogP contribution >= 0.6 is 0 Å². The second kappa shape index (κ2) is 9.55. The molecule has 24 heavy (non-hydrogen) atoms. The third-order valence-electron chi connectivity index (χ3n) is 3.62. The minimum absolute atomic E-state index is 0.0283. The molecule has 0 saturated carbocycles. The van der Waals surface area contributed by atoms with Crippen molar-refractivity contribution in [2.75, 3.05) is 6.61 Å². The zero-order valence-corrected chi connectivity index (χ0v) is 15.2. The van der Waals surface area contributed by atoms with Crippen LogP contribution in [0.4, 0.5) is 5.69 Å². The van der Waals surface area contributed by atoms with Crippen molar-refractivity contribution in [2.45, 2.75) is 25.0 Å². The van der Waals surface area contributed by atoms with Gasteiger partial charge in [-0.3, -0.25) is 0 Å². The number of hydrogen-bond acceptors (Lipinski definition) is 4. The van der Waals surface area contributed by atoms with E-state index in [4.69, 9.17) is 4.74 Å². The molecule has 0 bridgehead atoms. The Balaban J connectivity index is 1.77. The molecule has 0 saturated heterocycles. The first kappa shape index (κ1) is 18.6. The number of nitro groups is 1. The Bertz CT molecular complexity index is 650. The van der Waals surface area contributed by atoms with Crippen LogP contribution in [0.25, 0.3) is 0 Å². The van der Waals surface area contributed by atoms with Crippen molar-refractivity contribution in [1.82, 2.24) is 0 Å². The van der Waals surface area contributed by atoms with Gasteiger partial charge < -0.3 is 0 Å². The summed E-state index contributed by atoms with van der Waals surface area (Å²) >= 11 is -0.0521. The fraction of sp³-hybridized carbons (Fsp3) is 0.333. The summed E-state index contributed by atoms with van der Waals surface area (Å²) in [6.07, 6.45) is -0.571. The Labute approximate surface area is 148 Å². The van der Waals surface area contributed by atoms with Gasteiger partial charge in [0.2, 0.25) is 0 Å². The number of benzene rings is 2. The molecule has 0 amide bonds. The molecule has 0 aromatic heterocycles. The number of nitro benzene ring substituents is 1. The summed E-state index contributed by atoms with van der Waals surface area (Å²) in [5.41, 5.74) is 1.24. The molecule has 6 heteroatoms. The average Bonchev–Trinajstić information content (AvgIpc) is 2.60. The van der Waals surface area contributed by atoms with Crippen molar-refractivity contribution in [2.24, 2.45) is 5.92 Å². The third-order valence-corrected chi connectivity index (χ3v) is 6.45. The number of para-hydroxylation sites is 1. The molecule has 0 radical (unpaired) electrons. The second-order valence-electron chi connectivity index (χ2n) is 5.58. The molecule has 2 aromatic rings. The van der Waals surface area contributed by atoms with Gasteiger partial charge in [-0.2, -0.15) is 0 Å². The standard InChI is InChI=1S/C18H21NO4Se/c1-14(13-24-18-10-6-5-9-16(18)19(21)22)17(20)12-23-11-15-7-3-2-4-8-15/h2-10,14,17,20H,11-13H2,1H3/t14-,17+/m0/s1. The Morgan fingerprint density at radius 3 is 2.54 bits per heavy atom. The first-order valence-electron chi connectivity index (χ1n) is 7.74. The zero-order chi connectivity index (χ0) is 17.4. The van der Waals surface area contributed by atoms with Crippen LogP contribution in [-0.4, -0.2) is 37.7 Å². The van der Waals surface area contributed by atoms with Crippen LogP contribution in [0.2, 0.25) is 5.32 Å². The summed E-state index contributed by atoms with van der Waals surface area (Å²) in [7, 11) is 0. The van der Waals surface area contributed by atoms with Crippen LogP contribution in [0, 0.1) is 16.0 Å². The number of rotatable bonds is 9. The summed E-state index contributed by atoms with van der Waals surface area (Å²) in [5, 5.41) is 22.0. The number of hydrogen-bond donors (Lipinski definition) is 1. The van der Waals surface area contributed by atoms with Gasteiger partial charge >= 0.3 is 148 Å². The van der Waals surface area contributed by atoms with Crippen LogP contribution < -0.4 is 4.46 Å². The topological polar surface area (TPSA) is 72.6 Å². The van der Waals surface area contributed by atoms with Crippen molar-refractivity contribution in [1.29, 1.82) is 0 Å². The Kier molecular flexibility index (Phi) is 7.40. The minimum atomic E-state index is -0.571. The predicted octanol–water partition coefficient (Wildman–Crippen LogP) is 2.56. The van der Waals surface area contributed by atoms with E-state index in [0.717, 1.165) is 15.3 Å². The average molecular weight is 394 g/mol. The van der Waals surface area contributed by atoms with Gasteiger partial charge in [0, 0.05) is 0 Å². The molecule has 0 aliphatic heterocycles. The summed E-state index contributed by atoms with van der Waals surface area (Å²) in [4.78, 5) is 10.7. The van der Waals surface area contributed by atoms with Crippen LogP contribution in [0.3, 0.4) is 0 Å². The van der Waals surface area contributed by atoms with Crippen LogP contribution in [0.5, 0.6) is 0 Å². The Hall–Kier alpha value is -1.72. The number of ether oxygens (including phenoxy) is 1. The second-order valence-corrected chi connectivity index (χ2v) is 7.81. The summed E-state index contributed by atoms with van der Waals surface area (Å²) in [6, 6.07) is 16.6. The molecule has 0 fully saturated rings. The molecule has 1 N–H and O–H groups in total. The first-order chi connectivity index (χ1) is 11.6. The van der Waals surface area contributed by atoms with Crippen LogP contribution in [0.1, 0.15) is 12.5 Å². The van der Waals surface area contributed by atoms with E-state index in [9.17, 15) is 15.2 Å². The summed E-state index contributed by atoms with van der Waals surface area (Å²) in [6.45, 7) is 2.69. The number of aliphatic hydroxyl groups is 1. The third kappa shape index (κ3) is 5.73. The van der Waals surface area contributed by atoms with Gasteiger partial charge in [0.25, 0.3) is 0 Å². The van der Waals surface area contributed by atoms with E-state index in [1.54, 1.807) is 12.1 Å². The fourth-order valence-corrected chi connectivity index (χ4v) is 4.47. The molecule has 128 valence electrons. The summed E-state index contributed by atoms with van der Waals surface area (Å²) < 4.78 is 6.33. The molecule has 2 aromatic carbocycles. The quantitative estimate of drug-likeness (QED) is 0.403. The van der Waals surface area contributed by atoms with Crippen molar-refractivity contribution >= 4 is 25.1 Å². The van der Waals surface area contributed by atoms with Gasteiger partial charge in [0.05, 0.1) is 0 Å². The van der Waals surface area contributed by atoms with Gasteiger partial charge in [-0.15, -0.1) is 0 Å². The van der Waals surface area contributed by atoms with Crippen molar-refractivity contribution in [3.05, 3.63) is 70.3 Å². The molecule has 5 nitrogen and oxygen atoms in total. The summed E-state index contributed by atoms with van der Waals surface area (Å²) in [5.74, 6) is 0.0283. The maximum atomic E-state index is 11.0. The number of aliphatic hydroxyl groups excluding tert-OH is 1. The van der Waals surface area contributed by atoms with Gasteiger partial charge in [0.15, 0.2) is 0 Å². The van der Waals surface area contributed by atoms with Crippen LogP contribution in [-0.2, 0) is 11.3 Å². The molecule has 0 spiro atoms. The zero-order valence-electron chi connectivity index (χ0n) is 13.5. The molecule has 0 unspecified atom stereocenters. The predicted molar refractivity (Wildman–Crippen MR) is 94.6 cm³/mol. The molecule has 2 atom stereocenters. The molecule has 0 heterocycles.